The number of aryl methyl sites for hydroxylation is 1. The highest BCUT2D eigenvalue weighted by atomic mass is 16.5. The lowest BCUT2D eigenvalue weighted by Crippen LogP contribution is -2.16. The Kier molecular flexibility index (Phi) is 14.8. The van der Waals surface area contributed by atoms with Gasteiger partial charge in [-0.2, -0.15) is 0 Å². The normalized spacial score (nSPS) is 12.1. The topological polar surface area (TPSA) is 26.3 Å². The number of hydrogen-bond donors (Lipinski definition) is 0. The van der Waals surface area contributed by atoms with Crippen LogP contribution in [0.2, 0.25) is 0 Å². The first-order valence-electron chi connectivity index (χ1n) is 11.4. The fraction of sp³-hybridized carbons (Fsp3) is 0.720. The van der Waals surface area contributed by atoms with Gasteiger partial charge in [0.25, 0.3) is 0 Å². The number of hydrogen-bond acceptors (Lipinski definition) is 2. The lowest BCUT2D eigenvalue weighted by atomic mass is 10.0. The van der Waals surface area contributed by atoms with Gasteiger partial charge in [0, 0.05) is 0 Å². The van der Waals surface area contributed by atoms with Crippen molar-refractivity contribution in [2.75, 3.05) is 0 Å². The molecule has 0 spiro atoms. The summed E-state index contributed by atoms with van der Waals surface area (Å²) in [7, 11) is 0. The highest BCUT2D eigenvalue weighted by molar-refractivity contribution is 5.57. The van der Waals surface area contributed by atoms with E-state index in [9.17, 15) is 4.79 Å². The Hall–Kier alpha value is -1.31. The molecule has 153 valence electrons. The zero-order valence-corrected chi connectivity index (χ0v) is 17.8. The van der Waals surface area contributed by atoms with Gasteiger partial charge in [-0.25, -0.2) is 0 Å². The fourth-order valence-corrected chi connectivity index (χ4v) is 3.48. The molecule has 0 amide bonds. The van der Waals surface area contributed by atoms with Crippen molar-refractivity contribution in [2.24, 2.45) is 0 Å². The van der Waals surface area contributed by atoms with Crippen LogP contribution in [0.15, 0.2) is 24.3 Å². The van der Waals surface area contributed by atoms with E-state index in [0.29, 0.717) is 6.42 Å². The van der Waals surface area contributed by atoms with Crippen LogP contribution in [0.25, 0.3) is 0 Å². The molecule has 1 unspecified atom stereocenters. The lowest BCUT2D eigenvalue weighted by molar-refractivity contribution is 0.255. The molecular weight excluding hydrogens is 332 g/mol. The third-order valence-corrected chi connectivity index (χ3v) is 5.25. The summed E-state index contributed by atoms with van der Waals surface area (Å²) in [4.78, 5) is 10.8. The Balaban J connectivity index is 2.00. The predicted molar refractivity (Wildman–Crippen MR) is 116 cm³/mol. The van der Waals surface area contributed by atoms with Crippen molar-refractivity contribution in [1.82, 2.24) is 0 Å². The summed E-state index contributed by atoms with van der Waals surface area (Å²) in [5, 5.41) is 0. The average molecular weight is 374 g/mol. The molecule has 0 bridgehead atoms. The lowest BCUT2D eigenvalue weighted by Gasteiger charge is -2.11. The van der Waals surface area contributed by atoms with Crippen LogP contribution in [0.5, 0.6) is 5.75 Å². The van der Waals surface area contributed by atoms with Crippen molar-refractivity contribution in [2.45, 2.75) is 116 Å². The van der Waals surface area contributed by atoms with E-state index >= 15 is 0 Å². The molecule has 0 heterocycles. The second kappa shape index (κ2) is 16.8. The minimum absolute atomic E-state index is 0.448. The molecule has 0 aliphatic carbocycles. The second-order valence-corrected chi connectivity index (χ2v) is 7.77. The van der Waals surface area contributed by atoms with Crippen LogP contribution < -0.4 is 4.74 Å². The first kappa shape index (κ1) is 23.7. The quantitative estimate of drug-likeness (QED) is 0.248. The minimum atomic E-state index is -0.448. The van der Waals surface area contributed by atoms with E-state index in [0.717, 1.165) is 12.2 Å². The zero-order chi connectivity index (χ0) is 19.6. The molecular formula is C25H41O2. The molecule has 1 atom stereocenters. The molecule has 1 aromatic carbocycles. The summed E-state index contributed by atoms with van der Waals surface area (Å²) in [6.45, 7) is 4.22. The van der Waals surface area contributed by atoms with Crippen LogP contribution in [0.3, 0.4) is 0 Å². The van der Waals surface area contributed by atoms with Crippen LogP contribution in [-0.4, -0.2) is 12.4 Å². The van der Waals surface area contributed by atoms with Crippen LogP contribution >= 0.6 is 0 Å². The molecule has 2 nitrogen and oxygen atoms in total. The van der Waals surface area contributed by atoms with Crippen molar-refractivity contribution in [3.05, 3.63) is 29.8 Å². The summed E-state index contributed by atoms with van der Waals surface area (Å²) in [5.74, 6) is 0.789. The third kappa shape index (κ3) is 12.7. The first-order chi connectivity index (χ1) is 13.3. The molecule has 0 N–H and O–H groups in total. The van der Waals surface area contributed by atoms with Crippen molar-refractivity contribution >= 4 is 6.29 Å². The van der Waals surface area contributed by atoms with E-state index in [1.165, 1.54) is 89.0 Å². The molecule has 0 aliphatic rings. The number of carbonyl (C=O) groups excluding carboxylic acids is 1. The van der Waals surface area contributed by atoms with Gasteiger partial charge in [0.15, 0.2) is 6.10 Å². The summed E-state index contributed by atoms with van der Waals surface area (Å²) in [5.41, 5.74) is 1.30. The molecule has 0 fully saturated rings. The number of unbranched alkanes of at least 4 members (excludes halogenated alkanes) is 12. The van der Waals surface area contributed by atoms with E-state index < -0.39 is 6.10 Å². The second-order valence-electron chi connectivity index (χ2n) is 7.77. The molecule has 0 saturated heterocycles. The molecule has 1 rings (SSSR count). The number of ether oxygens (including phenoxy) is 1. The molecule has 0 aliphatic heterocycles. The molecule has 27 heavy (non-hydrogen) atoms. The van der Waals surface area contributed by atoms with Gasteiger partial charge in [0.05, 0.1) is 0 Å². The fourth-order valence-electron chi connectivity index (χ4n) is 3.48. The molecule has 1 radical (unpaired) electrons. The Labute approximate surface area is 168 Å². The van der Waals surface area contributed by atoms with Gasteiger partial charge in [0.2, 0.25) is 6.29 Å². The maximum atomic E-state index is 10.8. The maximum Gasteiger partial charge on any atom is 0.242 e. The Morgan fingerprint density at radius 1 is 0.815 bits per heavy atom. The van der Waals surface area contributed by atoms with Crippen LogP contribution in [-0.2, 0) is 11.2 Å². The van der Waals surface area contributed by atoms with Gasteiger partial charge in [0.1, 0.15) is 5.75 Å². The maximum absolute atomic E-state index is 10.8. The van der Waals surface area contributed by atoms with Crippen molar-refractivity contribution in [1.29, 1.82) is 0 Å². The standard InChI is InChI=1S/C25H41O2/c1-3-5-6-7-8-9-10-11-12-13-14-15-16-18-23-19-17-20-25(21-23)27-24(4-2)22-26/h17,19-21,24H,3-16,18H2,1-2H3. The summed E-state index contributed by atoms with van der Waals surface area (Å²) < 4.78 is 5.65. The number of benzene rings is 1. The van der Waals surface area contributed by atoms with Gasteiger partial charge in [-0.1, -0.05) is 103 Å². The molecule has 0 aromatic heterocycles. The largest absolute Gasteiger partial charge is 0.482 e. The highest BCUT2D eigenvalue weighted by Gasteiger charge is 2.07. The van der Waals surface area contributed by atoms with E-state index in [1.54, 1.807) is 0 Å². The van der Waals surface area contributed by atoms with Gasteiger partial charge in [-0.3, -0.25) is 4.79 Å². The summed E-state index contributed by atoms with van der Waals surface area (Å²) >= 11 is 0. The Morgan fingerprint density at radius 3 is 1.89 bits per heavy atom. The van der Waals surface area contributed by atoms with Crippen molar-refractivity contribution in [3.63, 3.8) is 0 Å². The van der Waals surface area contributed by atoms with Crippen LogP contribution in [0, 0.1) is 0 Å². The smallest absolute Gasteiger partial charge is 0.242 e. The number of rotatable bonds is 18. The third-order valence-electron chi connectivity index (χ3n) is 5.25. The van der Waals surface area contributed by atoms with Crippen molar-refractivity contribution < 1.29 is 9.53 Å². The van der Waals surface area contributed by atoms with Crippen LogP contribution in [0.4, 0.5) is 0 Å². The Bertz CT molecular complexity index is 469. The first-order valence-corrected chi connectivity index (χ1v) is 11.4. The van der Waals surface area contributed by atoms with Gasteiger partial charge in [-0.05, 0) is 37.0 Å². The Morgan fingerprint density at radius 2 is 1.37 bits per heavy atom. The SMILES string of the molecule is CCCCCCCCCCCCCCCc1cccc(OC([C]=O)CC)c1. The summed E-state index contributed by atoms with van der Waals surface area (Å²) in [6, 6.07) is 8.16. The molecule has 1 aromatic rings. The van der Waals surface area contributed by atoms with Gasteiger partial charge >= 0.3 is 0 Å². The summed E-state index contributed by atoms with van der Waals surface area (Å²) in [6.07, 6.45) is 21.3. The highest BCUT2D eigenvalue weighted by Crippen LogP contribution is 2.18. The van der Waals surface area contributed by atoms with E-state index in [-0.39, 0.29) is 0 Å². The van der Waals surface area contributed by atoms with Crippen molar-refractivity contribution in [3.8, 4) is 5.75 Å². The van der Waals surface area contributed by atoms with Gasteiger partial charge < -0.3 is 4.74 Å². The van der Waals surface area contributed by atoms with E-state index in [1.807, 2.05) is 25.3 Å². The molecule has 0 saturated carbocycles. The van der Waals surface area contributed by atoms with Gasteiger partial charge in [-0.15, -0.1) is 0 Å². The monoisotopic (exact) mass is 373 g/mol. The molecule has 2 heteroatoms. The van der Waals surface area contributed by atoms with E-state index in [2.05, 4.69) is 19.1 Å². The zero-order valence-electron chi connectivity index (χ0n) is 17.8. The predicted octanol–water partition coefficient (Wildman–Crippen LogP) is 7.59. The average Bonchev–Trinajstić information content (AvgIpc) is 2.70. The van der Waals surface area contributed by atoms with E-state index in [4.69, 9.17) is 4.74 Å². The van der Waals surface area contributed by atoms with Crippen LogP contribution in [0.1, 0.15) is 109 Å². The minimum Gasteiger partial charge on any atom is -0.482 e.